The number of halogens is 1. The fourth-order valence-electron chi connectivity index (χ4n) is 2.25. The van der Waals surface area contributed by atoms with Crippen molar-refractivity contribution in [1.29, 1.82) is 0 Å². The van der Waals surface area contributed by atoms with Crippen molar-refractivity contribution >= 4 is 15.9 Å². The Labute approximate surface area is 138 Å². The summed E-state index contributed by atoms with van der Waals surface area (Å²) in [6.07, 6.45) is 3.28. The maximum absolute atomic E-state index is 4.11. The molecule has 3 aromatic rings. The Morgan fingerprint density at radius 1 is 0.955 bits per heavy atom. The average molecular weight is 357 g/mol. The molecule has 1 aromatic heterocycles. The molecule has 0 amide bonds. The molecule has 112 valence electrons. The quantitative estimate of drug-likeness (QED) is 0.736. The smallest absolute Gasteiger partial charge is 0.137 e. The maximum atomic E-state index is 4.11. The van der Waals surface area contributed by atoms with Gasteiger partial charge in [0.1, 0.15) is 12.7 Å². The third-order valence-corrected chi connectivity index (χ3v) is 4.21. The zero-order valence-electron chi connectivity index (χ0n) is 12.1. The van der Waals surface area contributed by atoms with Crippen LogP contribution in [0.15, 0.2) is 65.7 Å². The van der Waals surface area contributed by atoms with Gasteiger partial charge in [-0.25, -0.2) is 9.67 Å². The van der Waals surface area contributed by atoms with Crippen LogP contribution in [-0.4, -0.2) is 14.8 Å². The first-order valence-corrected chi connectivity index (χ1v) is 7.95. The molecule has 0 radical (unpaired) electrons. The van der Waals surface area contributed by atoms with Gasteiger partial charge in [-0.2, -0.15) is 5.10 Å². The normalized spacial score (nSPS) is 10.8. The zero-order chi connectivity index (χ0) is 15.2. The van der Waals surface area contributed by atoms with Gasteiger partial charge in [-0.05, 0) is 22.8 Å². The van der Waals surface area contributed by atoms with Crippen LogP contribution >= 0.6 is 15.9 Å². The minimum atomic E-state index is 0.755. The van der Waals surface area contributed by atoms with E-state index in [2.05, 4.69) is 73.8 Å². The molecule has 5 heteroatoms. The van der Waals surface area contributed by atoms with Crippen LogP contribution in [0.3, 0.4) is 0 Å². The van der Waals surface area contributed by atoms with Crippen molar-refractivity contribution in [3.05, 3.63) is 82.3 Å². The van der Waals surface area contributed by atoms with Crippen molar-refractivity contribution in [3.8, 4) is 0 Å². The van der Waals surface area contributed by atoms with Gasteiger partial charge in [0.25, 0.3) is 0 Å². The summed E-state index contributed by atoms with van der Waals surface area (Å²) >= 11 is 3.57. The number of benzene rings is 2. The first-order valence-electron chi connectivity index (χ1n) is 7.15. The van der Waals surface area contributed by atoms with Gasteiger partial charge in [-0.15, -0.1) is 0 Å². The molecule has 0 bridgehead atoms. The molecular weight excluding hydrogens is 340 g/mol. The Kier molecular flexibility index (Phi) is 4.98. The molecule has 0 aliphatic heterocycles. The van der Waals surface area contributed by atoms with Crippen molar-refractivity contribution in [2.75, 3.05) is 0 Å². The van der Waals surface area contributed by atoms with E-state index in [-0.39, 0.29) is 0 Å². The maximum Gasteiger partial charge on any atom is 0.137 e. The number of nitrogens with zero attached hydrogens (tertiary/aromatic N) is 3. The highest BCUT2D eigenvalue weighted by Crippen LogP contribution is 2.15. The Bertz CT molecular complexity index is 708. The molecule has 22 heavy (non-hydrogen) atoms. The Morgan fingerprint density at radius 3 is 2.45 bits per heavy atom. The van der Waals surface area contributed by atoms with Crippen LogP contribution in [0.5, 0.6) is 0 Å². The number of nitrogens with one attached hydrogen (secondary N) is 1. The average Bonchev–Trinajstić information content (AvgIpc) is 3.04. The monoisotopic (exact) mass is 356 g/mol. The second-order valence-electron chi connectivity index (χ2n) is 5.10. The van der Waals surface area contributed by atoms with E-state index in [0.717, 1.165) is 24.1 Å². The molecule has 4 nitrogen and oxygen atoms in total. The predicted octanol–water partition coefficient (Wildman–Crippen LogP) is 3.38. The molecule has 1 heterocycles. The van der Waals surface area contributed by atoms with Gasteiger partial charge in [0.15, 0.2) is 0 Å². The first kappa shape index (κ1) is 14.9. The van der Waals surface area contributed by atoms with E-state index >= 15 is 0 Å². The van der Waals surface area contributed by atoms with Crippen LogP contribution in [0.1, 0.15) is 16.7 Å². The van der Waals surface area contributed by atoms with Crippen LogP contribution in [0, 0.1) is 0 Å². The van der Waals surface area contributed by atoms with Gasteiger partial charge in [-0.3, -0.25) is 0 Å². The van der Waals surface area contributed by atoms with Crippen molar-refractivity contribution < 1.29 is 0 Å². The lowest BCUT2D eigenvalue weighted by molar-refractivity contribution is 0.680. The molecule has 0 spiro atoms. The van der Waals surface area contributed by atoms with Crippen molar-refractivity contribution in [2.45, 2.75) is 19.6 Å². The highest BCUT2D eigenvalue weighted by Gasteiger charge is 1.99. The minimum Gasteiger partial charge on any atom is -0.309 e. The fourth-order valence-corrected chi connectivity index (χ4v) is 2.67. The van der Waals surface area contributed by atoms with Gasteiger partial charge >= 0.3 is 0 Å². The highest BCUT2D eigenvalue weighted by molar-refractivity contribution is 9.10. The second kappa shape index (κ2) is 7.33. The molecular formula is C17H17BrN4. The van der Waals surface area contributed by atoms with E-state index in [1.807, 2.05) is 10.7 Å². The SMILES string of the molecule is Brc1ccccc1CNCc1ccc(Cn2cncn2)cc1. The van der Waals surface area contributed by atoms with Gasteiger partial charge in [0, 0.05) is 17.6 Å². The third-order valence-electron chi connectivity index (χ3n) is 3.44. The molecule has 0 saturated heterocycles. The molecule has 0 unspecified atom stereocenters. The molecule has 0 saturated carbocycles. The van der Waals surface area contributed by atoms with E-state index in [9.17, 15) is 0 Å². The lowest BCUT2D eigenvalue weighted by Crippen LogP contribution is -2.13. The van der Waals surface area contributed by atoms with Crippen molar-refractivity contribution in [1.82, 2.24) is 20.1 Å². The van der Waals surface area contributed by atoms with E-state index in [4.69, 9.17) is 0 Å². The molecule has 0 fully saturated rings. The molecule has 0 atom stereocenters. The minimum absolute atomic E-state index is 0.755. The number of hydrogen-bond donors (Lipinski definition) is 1. The molecule has 2 aromatic carbocycles. The Morgan fingerprint density at radius 2 is 1.73 bits per heavy atom. The number of hydrogen-bond acceptors (Lipinski definition) is 3. The largest absolute Gasteiger partial charge is 0.309 e. The first-order chi connectivity index (χ1) is 10.8. The van der Waals surface area contributed by atoms with Crippen LogP contribution in [0.25, 0.3) is 0 Å². The van der Waals surface area contributed by atoms with Crippen LogP contribution in [0.4, 0.5) is 0 Å². The topological polar surface area (TPSA) is 42.7 Å². The zero-order valence-corrected chi connectivity index (χ0v) is 13.7. The third kappa shape index (κ3) is 4.02. The lowest BCUT2D eigenvalue weighted by Gasteiger charge is -2.08. The Hall–Kier alpha value is -1.98. The fraction of sp³-hybridized carbons (Fsp3) is 0.176. The molecule has 3 rings (SSSR count). The molecule has 1 N–H and O–H groups in total. The summed E-state index contributed by atoms with van der Waals surface area (Å²) < 4.78 is 2.96. The standard InChI is InChI=1S/C17H17BrN4/c18-17-4-2-1-3-16(17)10-19-9-14-5-7-15(8-6-14)11-22-13-20-12-21-22/h1-8,12-13,19H,9-11H2. The van der Waals surface area contributed by atoms with Gasteiger partial charge < -0.3 is 5.32 Å². The van der Waals surface area contributed by atoms with Crippen LogP contribution in [0.2, 0.25) is 0 Å². The summed E-state index contributed by atoms with van der Waals surface area (Å²) in [6, 6.07) is 16.9. The summed E-state index contributed by atoms with van der Waals surface area (Å²) in [5.41, 5.74) is 3.76. The summed E-state index contributed by atoms with van der Waals surface area (Å²) in [7, 11) is 0. The van der Waals surface area contributed by atoms with E-state index in [1.54, 1.807) is 12.7 Å². The molecule has 0 aliphatic carbocycles. The summed E-state index contributed by atoms with van der Waals surface area (Å²) in [5, 5.41) is 7.58. The van der Waals surface area contributed by atoms with E-state index < -0.39 is 0 Å². The number of aromatic nitrogens is 3. The summed E-state index contributed by atoms with van der Waals surface area (Å²) in [6.45, 7) is 2.46. The van der Waals surface area contributed by atoms with Gasteiger partial charge in [0.2, 0.25) is 0 Å². The predicted molar refractivity (Wildman–Crippen MR) is 90.3 cm³/mol. The summed E-state index contributed by atoms with van der Waals surface area (Å²) in [5.74, 6) is 0. The number of rotatable bonds is 6. The second-order valence-corrected chi connectivity index (χ2v) is 5.96. The van der Waals surface area contributed by atoms with Crippen molar-refractivity contribution in [3.63, 3.8) is 0 Å². The van der Waals surface area contributed by atoms with Crippen LogP contribution in [-0.2, 0) is 19.6 Å². The summed E-state index contributed by atoms with van der Waals surface area (Å²) in [4.78, 5) is 3.95. The van der Waals surface area contributed by atoms with Crippen LogP contribution < -0.4 is 5.32 Å². The van der Waals surface area contributed by atoms with Gasteiger partial charge in [0.05, 0.1) is 6.54 Å². The lowest BCUT2D eigenvalue weighted by atomic mass is 10.1. The highest BCUT2D eigenvalue weighted by atomic mass is 79.9. The van der Waals surface area contributed by atoms with E-state index in [0.29, 0.717) is 0 Å². The van der Waals surface area contributed by atoms with Gasteiger partial charge in [-0.1, -0.05) is 58.4 Å². The molecule has 0 aliphatic rings. The van der Waals surface area contributed by atoms with Crippen molar-refractivity contribution in [2.24, 2.45) is 0 Å². The Balaban J connectivity index is 1.52. The van der Waals surface area contributed by atoms with E-state index in [1.165, 1.54) is 16.7 Å².